The maximum absolute atomic E-state index is 5.89. The molecule has 0 radical (unpaired) electrons. The molecule has 0 bridgehead atoms. The summed E-state index contributed by atoms with van der Waals surface area (Å²) >= 11 is 9.37. The van der Waals surface area contributed by atoms with Crippen LogP contribution in [0, 0.1) is 0 Å². The molecule has 1 aromatic carbocycles. The summed E-state index contributed by atoms with van der Waals surface area (Å²) in [6.45, 7) is 0.761. The summed E-state index contributed by atoms with van der Waals surface area (Å²) in [5.74, 6) is 1.72. The van der Waals surface area contributed by atoms with E-state index in [2.05, 4.69) is 25.8 Å². The highest BCUT2D eigenvalue weighted by Crippen LogP contribution is 2.26. The Morgan fingerprint density at radius 3 is 2.58 bits per heavy atom. The number of ether oxygens (including phenoxy) is 1. The number of aromatic nitrogens is 1. The number of nitrogens with zero attached hydrogens (tertiary/aromatic N) is 2. The molecular formula is C14H14BrClN2O. The minimum Gasteiger partial charge on any atom is -0.497 e. The quantitative estimate of drug-likeness (QED) is 0.835. The van der Waals surface area contributed by atoms with Gasteiger partial charge in [0, 0.05) is 19.8 Å². The van der Waals surface area contributed by atoms with Crippen LogP contribution in [0.5, 0.6) is 5.75 Å². The maximum Gasteiger partial charge on any atom is 0.143 e. The van der Waals surface area contributed by atoms with E-state index in [-0.39, 0.29) is 0 Å². The summed E-state index contributed by atoms with van der Waals surface area (Å²) in [5.41, 5.74) is 1.19. The Morgan fingerprint density at radius 1 is 1.32 bits per heavy atom. The molecular weight excluding hydrogens is 328 g/mol. The van der Waals surface area contributed by atoms with Crippen molar-refractivity contribution in [3.8, 4) is 5.75 Å². The van der Waals surface area contributed by atoms with Crippen molar-refractivity contribution in [2.45, 2.75) is 6.54 Å². The summed E-state index contributed by atoms with van der Waals surface area (Å²) in [6.07, 6.45) is 1.65. The number of methoxy groups -OCH3 is 1. The smallest absolute Gasteiger partial charge is 0.143 e. The molecule has 0 aliphatic rings. The van der Waals surface area contributed by atoms with Crippen molar-refractivity contribution in [1.82, 2.24) is 4.98 Å². The van der Waals surface area contributed by atoms with E-state index in [1.165, 1.54) is 5.56 Å². The highest BCUT2D eigenvalue weighted by Gasteiger charge is 2.08. The van der Waals surface area contributed by atoms with Crippen LogP contribution >= 0.6 is 27.5 Å². The molecule has 1 aromatic heterocycles. The molecule has 0 amide bonds. The standard InChI is InChI=1S/C14H14BrClN2O/c1-18(14-13(15)7-11(16)8-17-14)9-10-3-5-12(19-2)6-4-10/h3-8H,9H2,1-2H3. The Hall–Kier alpha value is -1.26. The minimum atomic E-state index is 0.619. The highest BCUT2D eigenvalue weighted by molar-refractivity contribution is 9.10. The van der Waals surface area contributed by atoms with E-state index in [1.807, 2.05) is 37.4 Å². The van der Waals surface area contributed by atoms with E-state index in [0.29, 0.717) is 5.02 Å². The predicted molar refractivity (Wildman–Crippen MR) is 82.0 cm³/mol. The SMILES string of the molecule is COc1ccc(CN(C)c2ncc(Cl)cc2Br)cc1. The van der Waals surface area contributed by atoms with E-state index in [9.17, 15) is 0 Å². The monoisotopic (exact) mass is 340 g/mol. The largest absolute Gasteiger partial charge is 0.497 e. The fraction of sp³-hybridized carbons (Fsp3) is 0.214. The van der Waals surface area contributed by atoms with Crippen LogP contribution in [0.3, 0.4) is 0 Å². The molecule has 19 heavy (non-hydrogen) atoms. The van der Waals surface area contributed by atoms with Crippen molar-refractivity contribution in [1.29, 1.82) is 0 Å². The summed E-state index contributed by atoms with van der Waals surface area (Å²) in [7, 11) is 3.65. The van der Waals surface area contributed by atoms with Gasteiger partial charge in [0.2, 0.25) is 0 Å². The molecule has 0 N–H and O–H groups in total. The van der Waals surface area contributed by atoms with Crippen LogP contribution in [-0.2, 0) is 6.54 Å². The van der Waals surface area contributed by atoms with Crippen molar-refractivity contribution in [2.24, 2.45) is 0 Å². The van der Waals surface area contributed by atoms with Gasteiger partial charge in [0.25, 0.3) is 0 Å². The lowest BCUT2D eigenvalue weighted by atomic mass is 10.2. The average Bonchev–Trinajstić information content (AvgIpc) is 2.39. The predicted octanol–water partition coefficient (Wildman–Crippen LogP) is 4.14. The van der Waals surface area contributed by atoms with Crippen molar-refractivity contribution in [2.75, 3.05) is 19.1 Å². The van der Waals surface area contributed by atoms with Crippen molar-refractivity contribution in [3.05, 3.63) is 51.6 Å². The zero-order chi connectivity index (χ0) is 13.8. The van der Waals surface area contributed by atoms with Crippen molar-refractivity contribution >= 4 is 33.3 Å². The topological polar surface area (TPSA) is 25.4 Å². The van der Waals surface area contributed by atoms with Crippen molar-refractivity contribution < 1.29 is 4.74 Å². The number of halogens is 2. The van der Waals surface area contributed by atoms with E-state index in [4.69, 9.17) is 16.3 Å². The van der Waals surface area contributed by atoms with Crippen LogP contribution in [0.25, 0.3) is 0 Å². The number of hydrogen-bond donors (Lipinski definition) is 0. The zero-order valence-electron chi connectivity index (χ0n) is 10.7. The van der Waals surface area contributed by atoms with E-state index >= 15 is 0 Å². The van der Waals surface area contributed by atoms with Gasteiger partial charge in [0.1, 0.15) is 11.6 Å². The van der Waals surface area contributed by atoms with Gasteiger partial charge in [0.05, 0.1) is 16.6 Å². The van der Waals surface area contributed by atoms with Gasteiger partial charge in [0.15, 0.2) is 0 Å². The number of benzene rings is 1. The van der Waals surface area contributed by atoms with Gasteiger partial charge in [-0.25, -0.2) is 4.98 Å². The molecule has 2 rings (SSSR count). The van der Waals surface area contributed by atoms with Gasteiger partial charge in [-0.05, 0) is 39.7 Å². The Morgan fingerprint density at radius 2 is 2.00 bits per heavy atom. The molecule has 100 valence electrons. The maximum atomic E-state index is 5.89. The van der Waals surface area contributed by atoms with E-state index < -0.39 is 0 Å². The highest BCUT2D eigenvalue weighted by atomic mass is 79.9. The normalized spacial score (nSPS) is 10.3. The van der Waals surface area contributed by atoms with E-state index in [1.54, 1.807) is 13.3 Å². The second-order valence-corrected chi connectivity index (χ2v) is 5.45. The molecule has 1 heterocycles. The first kappa shape index (κ1) is 14.2. The van der Waals surface area contributed by atoms with Gasteiger partial charge < -0.3 is 9.64 Å². The van der Waals surface area contributed by atoms with Crippen LogP contribution in [-0.4, -0.2) is 19.1 Å². The molecule has 0 saturated heterocycles. The third-order valence-corrected chi connectivity index (χ3v) is 3.52. The number of pyridine rings is 1. The van der Waals surface area contributed by atoms with Crippen molar-refractivity contribution in [3.63, 3.8) is 0 Å². The summed E-state index contributed by atoms with van der Waals surface area (Å²) < 4.78 is 6.03. The Kier molecular flexibility index (Phi) is 4.66. The Balaban J connectivity index is 2.13. The summed E-state index contributed by atoms with van der Waals surface area (Å²) in [5, 5.41) is 0.619. The van der Waals surface area contributed by atoms with Gasteiger partial charge in [-0.1, -0.05) is 23.7 Å². The fourth-order valence-electron chi connectivity index (χ4n) is 1.77. The summed E-state index contributed by atoms with van der Waals surface area (Å²) in [6, 6.07) is 9.83. The van der Waals surface area contributed by atoms with E-state index in [0.717, 1.165) is 22.6 Å². The first-order valence-electron chi connectivity index (χ1n) is 5.75. The third kappa shape index (κ3) is 3.61. The second kappa shape index (κ2) is 6.26. The van der Waals surface area contributed by atoms with Crippen LogP contribution in [0.2, 0.25) is 5.02 Å². The first-order chi connectivity index (χ1) is 9.10. The molecule has 0 saturated carbocycles. The number of anilines is 1. The van der Waals surface area contributed by atoms with Gasteiger partial charge in [-0.2, -0.15) is 0 Å². The number of hydrogen-bond acceptors (Lipinski definition) is 3. The molecule has 3 nitrogen and oxygen atoms in total. The Bertz CT molecular complexity index is 560. The van der Waals surface area contributed by atoms with Gasteiger partial charge in [-0.3, -0.25) is 0 Å². The average molecular weight is 342 g/mol. The summed E-state index contributed by atoms with van der Waals surface area (Å²) in [4.78, 5) is 6.39. The third-order valence-electron chi connectivity index (χ3n) is 2.73. The lowest BCUT2D eigenvalue weighted by Crippen LogP contribution is -2.18. The minimum absolute atomic E-state index is 0.619. The van der Waals surface area contributed by atoms with Crippen LogP contribution < -0.4 is 9.64 Å². The molecule has 5 heteroatoms. The molecule has 0 atom stereocenters. The lowest BCUT2D eigenvalue weighted by Gasteiger charge is -2.19. The molecule has 0 aliphatic carbocycles. The lowest BCUT2D eigenvalue weighted by molar-refractivity contribution is 0.414. The molecule has 0 aliphatic heterocycles. The molecule has 0 fully saturated rings. The molecule has 0 unspecified atom stereocenters. The zero-order valence-corrected chi connectivity index (χ0v) is 13.1. The second-order valence-electron chi connectivity index (χ2n) is 4.16. The molecule has 2 aromatic rings. The van der Waals surface area contributed by atoms with Gasteiger partial charge >= 0.3 is 0 Å². The fourth-order valence-corrected chi connectivity index (χ4v) is 2.71. The van der Waals surface area contributed by atoms with Gasteiger partial charge in [-0.15, -0.1) is 0 Å². The first-order valence-corrected chi connectivity index (χ1v) is 6.92. The number of rotatable bonds is 4. The van der Waals surface area contributed by atoms with Crippen LogP contribution in [0.15, 0.2) is 41.0 Å². The van der Waals surface area contributed by atoms with Crippen LogP contribution in [0.1, 0.15) is 5.56 Å². The Labute approximate surface area is 126 Å². The van der Waals surface area contributed by atoms with Crippen LogP contribution in [0.4, 0.5) is 5.82 Å². The molecule has 0 spiro atoms.